The van der Waals surface area contributed by atoms with Crippen molar-refractivity contribution in [3.8, 4) is 0 Å². The van der Waals surface area contributed by atoms with Gasteiger partial charge in [-0.05, 0) is 68.3 Å². The molecule has 0 heterocycles. The van der Waals surface area contributed by atoms with Crippen LogP contribution in [0.4, 0.5) is 0 Å². The highest BCUT2D eigenvalue weighted by molar-refractivity contribution is 5.87. The van der Waals surface area contributed by atoms with Gasteiger partial charge in [-0.2, -0.15) is 0 Å². The van der Waals surface area contributed by atoms with Crippen LogP contribution < -0.4 is 0 Å². The Bertz CT molecular complexity index is 530. The zero-order chi connectivity index (χ0) is 14.6. The zero-order valence-electron chi connectivity index (χ0n) is 13.0. The van der Waals surface area contributed by atoms with E-state index in [1.54, 1.807) is 0 Å². The molecule has 21 heavy (non-hydrogen) atoms. The van der Waals surface area contributed by atoms with Gasteiger partial charge in [0, 0.05) is 11.8 Å². The van der Waals surface area contributed by atoms with Crippen LogP contribution in [-0.2, 0) is 4.79 Å². The molecule has 2 heteroatoms. The lowest BCUT2D eigenvalue weighted by atomic mass is 9.63. The van der Waals surface area contributed by atoms with Crippen molar-refractivity contribution in [1.82, 2.24) is 0 Å². The molecule has 4 aliphatic rings. The Morgan fingerprint density at radius 3 is 2.86 bits per heavy atom. The molecule has 4 aliphatic carbocycles. The van der Waals surface area contributed by atoms with Crippen LogP contribution >= 0.6 is 0 Å². The van der Waals surface area contributed by atoms with Gasteiger partial charge in [0.25, 0.3) is 0 Å². The van der Waals surface area contributed by atoms with E-state index < -0.39 is 0 Å². The van der Waals surface area contributed by atoms with E-state index in [4.69, 9.17) is 0 Å². The summed E-state index contributed by atoms with van der Waals surface area (Å²) in [6, 6.07) is 0. The van der Waals surface area contributed by atoms with E-state index in [9.17, 15) is 9.90 Å². The van der Waals surface area contributed by atoms with Crippen LogP contribution in [-0.4, -0.2) is 17.0 Å². The maximum atomic E-state index is 12.3. The molecule has 2 nitrogen and oxygen atoms in total. The summed E-state index contributed by atoms with van der Waals surface area (Å²) in [5, 5.41) is 9.96. The third kappa shape index (κ3) is 2.06. The third-order valence-electron chi connectivity index (χ3n) is 6.84. The largest absolute Gasteiger partial charge is 0.393 e. The highest BCUT2D eigenvalue weighted by atomic mass is 16.3. The molecule has 0 radical (unpaired) electrons. The van der Waals surface area contributed by atoms with Crippen LogP contribution in [0.1, 0.15) is 58.3 Å². The number of Topliss-reactive ketones (excluding diaryl/α,β-unsaturated/α-hetero) is 1. The standard InChI is InChI=1S/C19H26O2/c1-19-9-8-13-10-14-11-15(20)4-2-12(14)3-5-16(13)17(19)6-7-18(19)21/h8,10,12,15-17,20H,2-7,9,11H2,1H3. The van der Waals surface area contributed by atoms with Crippen molar-refractivity contribution in [2.45, 2.75) is 64.4 Å². The van der Waals surface area contributed by atoms with Gasteiger partial charge in [-0.15, -0.1) is 0 Å². The smallest absolute Gasteiger partial charge is 0.139 e. The third-order valence-corrected chi connectivity index (χ3v) is 6.84. The second-order valence-electron chi connectivity index (χ2n) is 7.93. The van der Waals surface area contributed by atoms with Crippen molar-refractivity contribution < 1.29 is 9.90 Å². The van der Waals surface area contributed by atoms with Crippen LogP contribution in [0.15, 0.2) is 23.3 Å². The van der Waals surface area contributed by atoms with Gasteiger partial charge in [-0.1, -0.05) is 24.6 Å². The Morgan fingerprint density at radius 2 is 2.00 bits per heavy atom. The van der Waals surface area contributed by atoms with Gasteiger partial charge in [0.2, 0.25) is 0 Å². The van der Waals surface area contributed by atoms with Gasteiger partial charge < -0.3 is 5.11 Å². The van der Waals surface area contributed by atoms with E-state index in [1.165, 1.54) is 24.0 Å². The molecule has 5 atom stereocenters. The number of carbonyl (C=O) groups is 1. The van der Waals surface area contributed by atoms with Crippen LogP contribution in [0.5, 0.6) is 0 Å². The summed E-state index contributed by atoms with van der Waals surface area (Å²) in [5.41, 5.74) is 2.89. The van der Waals surface area contributed by atoms with Crippen molar-refractivity contribution >= 4 is 5.78 Å². The molecule has 1 N–H and O–H groups in total. The van der Waals surface area contributed by atoms with E-state index in [0.717, 1.165) is 38.5 Å². The quantitative estimate of drug-likeness (QED) is 0.735. The second-order valence-corrected chi connectivity index (χ2v) is 7.93. The predicted octanol–water partition coefficient (Wildman–Crippen LogP) is 3.80. The molecule has 0 aliphatic heterocycles. The normalized spacial score (nSPS) is 45.9. The van der Waals surface area contributed by atoms with Crippen molar-refractivity contribution in [3.05, 3.63) is 23.3 Å². The lowest BCUT2D eigenvalue weighted by Crippen LogP contribution is -2.36. The fourth-order valence-corrected chi connectivity index (χ4v) is 5.48. The van der Waals surface area contributed by atoms with Gasteiger partial charge in [0.1, 0.15) is 5.78 Å². The molecule has 0 aromatic heterocycles. The number of hydrogen-bond acceptors (Lipinski definition) is 2. The minimum Gasteiger partial charge on any atom is -0.393 e. The lowest BCUT2D eigenvalue weighted by Gasteiger charge is -2.39. The Hall–Kier alpha value is -0.890. The molecule has 0 saturated heterocycles. The highest BCUT2D eigenvalue weighted by Crippen LogP contribution is 2.55. The van der Waals surface area contributed by atoms with Gasteiger partial charge in [0.05, 0.1) is 6.10 Å². The number of hydrogen-bond donors (Lipinski definition) is 1. The van der Waals surface area contributed by atoms with E-state index in [1.807, 2.05) is 0 Å². The highest BCUT2D eigenvalue weighted by Gasteiger charge is 2.51. The molecule has 4 rings (SSSR count). The van der Waals surface area contributed by atoms with Crippen molar-refractivity contribution in [1.29, 1.82) is 0 Å². The summed E-state index contributed by atoms with van der Waals surface area (Å²) in [6.45, 7) is 2.20. The number of fused-ring (bicyclic) bond motifs is 4. The first kappa shape index (κ1) is 13.8. The monoisotopic (exact) mass is 286 g/mol. The van der Waals surface area contributed by atoms with Gasteiger partial charge in [-0.25, -0.2) is 0 Å². The fourth-order valence-electron chi connectivity index (χ4n) is 5.48. The van der Waals surface area contributed by atoms with E-state index in [-0.39, 0.29) is 11.5 Å². The predicted molar refractivity (Wildman–Crippen MR) is 82.7 cm³/mol. The minimum atomic E-state index is -0.133. The summed E-state index contributed by atoms with van der Waals surface area (Å²) in [6.07, 6.45) is 12.9. The molecule has 2 saturated carbocycles. The Morgan fingerprint density at radius 1 is 1.19 bits per heavy atom. The van der Waals surface area contributed by atoms with E-state index in [2.05, 4.69) is 19.1 Å². The Balaban J connectivity index is 1.68. The first-order valence-electron chi connectivity index (χ1n) is 8.70. The Labute approximate surface area is 127 Å². The van der Waals surface area contributed by atoms with Gasteiger partial charge >= 0.3 is 0 Å². The number of allylic oxidation sites excluding steroid dienone is 3. The van der Waals surface area contributed by atoms with Crippen molar-refractivity contribution in [2.75, 3.05) is 0 Å². The first-order valence-corrected chi connectivity index (χ1v) is 8.70. The number of carbonyl (C=O) groups excluding carboxylic acids is 1. The zero-order valence-corrected chi connectivity index (χ0v) is 13.0. The van der Waals surface area contributed by atoms with Crippen LogP contribution in [0, 0.1) is 23.2 Å². The number of aliphatic hydroxyl groups excluding tert-OH is 1. The average molecular weight is 286 g/mol. The SMILES string of the molecule is CC12CC=C3C=C4CC(O)CCC4CCC3C1CCC2=O. The van der Waals surface area contributed by atoms with Crippen LogP contribution in [0.3, 0.4) is 0 Å². The number of ketones is 1. The molecular weight excluding hydrogens is 260 g/mol. The lowest BCUT2D eigenvalue weighted by molar-refractivity contribution is -0.127. The van der Waals surface area contributed by atoms with Gasteiger partial charge in [0.15, 0.2) is 0 Å². The molecule has 5 unspecified atom stereocenters. The van der Waals surface area contributed by atoms with Crippen LogP contribution in [0.2, 0.25) is 0 Å². The minimum absolute atomic E-state index is 0.0816. The average Bonchev–Trinajstić information content (AvgIpc) is 2.66. The first-order chi connectivity index (χ1) is 10.1. The van der Waals surface area contributed by atoms with E-state index >= 15 is 0 Å². The maximum absolute atomic E-state index is 12.3. The maximum Gasteiger partial charge on any atom is 0.139 e. The summed E-state index contributed by atoms with van der Waals surface area (Å²) in [5.74, 6) is 2.33. The van der Waals surface area contributed by atoms with Crippen molar-refractivity contribution in [2.24, 2.45) is 23.2 Å². The molecule has 0 bridgehead atoms. The summed E-state index contributed by atoms with van der Waals surface area (Å²) in [7, 11) is 0. The molecule has 0 amide bonds. The van der Waals surface area contributed by atoms with E-state index in [0.29, 0.717) is 23.5 Å². The summed E-state index contributed by atoms with van der Waals surface area (Å²) >= 11 is 0. The van der Waals surface area contributed by atoms with Gasteiger partial charge in [-0.3, -0.25) is 4.79 Å². The molecule has 0 spiro atoms. The Kier molecular flexibility index (Phi) is 3.15. The molecular formula is C19H26O2. The number of rotatable bonds is 0. The molecule has 0 aromatic rings. The number of aliphatic hydroxyl groups is 1. The molecule has 114 valence electrons. The summed E-state index contributed by atoms with van der Waals surface area (Å²) < 4.78 is 0. The van der Waals surface area contributed by atoms with Crippen molar-refractivity contribution in [3.63, 3.8) is 0 Å². The fraction of sp³-hybridized carbons (Fsp3) is 0.737. The summed E-state index contributed by atoms with van der Waals surface area (Å²) in [4.78, 5) is 12.3. The molecule has 2 fully saturated rings. The topological polar surface area (TPSA) is 37.3 Å². The van der Waals surface area contributed by atoms with Crippen LogP contribution in [0.25, 0.3) is 0 Å². The second kappa shape index (κ2) is 4.81. The molecule has 0 aromatic carbocycles.